The van der Waals surface area contributed by atoms with Gasteiger partial charge in [-0.3, -0.25) is 0 Å². The van der Waals surface area contributed by atoms with E-state index in [-0.39, 0.29) is 16.2 Å². The van der Waals surface area contributed by atoms with Crippen molar-refractivity contribution in [2.75, 3.05) is 6.61 Å². The second kappa shape index (κ2) is 11.0. The van der Waals surface area contributed by atoms with E-state index in [2.05, 4.69) is 0 Å². The van der Waals surface area contributed by atoms with Crippen molar-refractivity contribution < 1.29 is 46.4 Å². The maximum atomic E-state index is 13.5. The highest BCUT2D eigenvalue weighted by atomic mass is 35.5. The summed E-state index contributed by atoms with van der Waals surface area (Å²) < 4.78 is 84.7. The van der Waals surface area contributed by atoms with Gasteiger partial charge in [-0.25, -0.2) is 19.0 Å². The first-order chi connectivity index (χ1) is 16.7. The quantitative estimate of drug-likeness (QED) is 0.158. The molecule has 0 bridgehead atoms. The van der Waals surface area contributed by atoms with E-state index < -0.39 is 70.6 Å². The number of alkyl halides is 3. The van der Waals surface area contributed by atoms with E-state index in [0.717, 1.165) is 41.2 Å². The summed E-state index contributed by atoms with van der Waals surface area (Å²) in [5.41, 5.74) is 2.82. The molecule has 0 amide bonds. The highest BCUT2D eigenvalue weighted by Gasteiger charge is 2.47. The number of thioether (sulfide) groups is 1. The minimum Gasteiger partial charge on any atom is -0.397 e. The van der Waals surface area contributed by atoms with Gasteiger partial charge in [-0.2, -0.15) is 13.2 Å². The van der Waals surface area contributed by atoms with Crippen LogP contribution in [-0.2, 0) is 10.9 Å². The maximum absolute atomic E-state index is 13.5. The van der Waals surface area contributed by atoms with Gasteiger partial charge in [-0.1, -0.05) is 23.4 Å². The SMILES string of the molecule is N/C(=C\N(N)C1C(O)C(CO)OC(Sc2ccc(C(F)(F)F)c(Cl)c2)C1O)c1cc(F)c(F)c(F)c1. The average Bonchev–Trinajstić information content (AvgIpc) is 2.78. The Bertz CT molecular complexity index is 1120. The van der Waals surface area contributed by atoms with Crippen LogP contribution < -0.4 is 11.6 Å². The van der Waals surface area contributed by atoms with Gasteiger partial charge in [0.15, 0.2) is 17.5 Å². The van der Waals surface area contributed by atoms with E-state index in [4.69, 9.17) is 27.9 Å². The molecule has 1 saturated heterocycles. The van der Waals surface area contributed by atoms with Crippen LogP contribution in [0.15, 0.2) is 41.4 Å². The molecule has 7 N–H and O–H groups in total. The van der Waals surface area contributed by atoms with E-state index in [1.807, 2.05) is 0 Å². The topological polar surface area (TPSA) is 125 Å². The number of nitrogens with zero attached hydrogens (tertiary/aromatic N) is 1. The normalized spacial score (nSPS) is 25.2. The molecule has 0 radical (unpaired) electrons. The lowest BCUT2D eigenvalue weighted by Gasteiger charge is -2.45. The van der Waals surface area contributed by atoms with Crippen molar-refractivity contribution in [3.63, 3.8) is 0 Å². The van der Waals surface area contributed by atoms with Gasteiger partial charge in [-0.15, -0.1) is 0 Å². The molecular formula is C21H20ClF6N3O4S. The minimum atomic E-state index is -4.68. The number of aliphatic hydroxyl groups is 3. The molecule has 5 atom stereocenters. The molecule has 3 rings (SSSR count). The summed E-state index contributed by atoms with van der Waals surface area (Å²) in [5.74, 6) is 1.21. The Morgan fingerprint density at radius 3 is 2.25 bits per heavy atom. The van der Waals surface area contributed by atoms with Crippen molar-refractivity contribution in [2.24, 2.45) is 11.6 Å². The minimum absolute atomic E-state index is 0.166. The van der Waals surface area contributed by atoms with Crippen molar-refractivity contribution in [2.45, 2.75) is 40.9 Å². The molecule has 1 aliphatic heterocycles. The molecule has 1 fully saturated rings. The standard InChI is InChI=1S/C21H20ClF6N3O4S/c22-11-5-9(1-2-10(11)21(26,27)28)36-20-19(34)17(18(33)15(7-32)35-20)31(30)6-14(29)8-3-12(23)16(25)13(24)4-8/h1-6,15,17-20,32-34H,7,29-30H2/b14-6-. The van der Waals surface area contributed by atoms with E-state index in [1.165, 1.54) is 0 Å². The van der Waals surface area contributed by atoms with Crippen LogP contribution in [0.1, 0.15) is 11.1 Å². The first-order valence-corrected chi connectivity index (χ1v) is 11.3. The molecule has 0 aromatic heterocycles. The van der Waals surface area contributed by atoms with Crippen LogP contribution >= 0.6 is 23.4 Å². The zero-order valence-electron chi connectivity index (χ0n) is 18.0. The van der Waals surface area contributed by atoms with Crippen LogP contribution in [0.25, 0.3) is 5.70 Å². The Morgan fingerprint density at radius 2 is 1.72 bits per heavy atom. The highest BCUT2D eigenvalue weighted by molar-refractivity contribution is 7.99. The number of aliphatic hydroxyl groups excluding tert-OH is 3. The third-order valence-corrected chi connectivity index (χ3v) is 6.76. The van der Waals surface area contributed by atoms with Crippen LogP contribution in [0.3, 0.4) is 0 Å². The Balaban J connectivity index is 1.87. The van der Waals surface area contributed by atoms with Crippen LogP contribution in [0.4, 0.5) is 26.3 Å². The number of ether oxygens (including phenoxy) is 1. The van der Waals surface area contributed by atoms with Crippen molar-refractivity contribution in [3.8, 4) is 0 Å². The number of hydrazine groups is 1. The van der Waals surface area contributed by atoms with Gasteiger partial charge in [-0.05, 0) is 30.3 Å². The highest BCUT2D eigenvalue weighted by Crippen LogP contribution is 2.40. The zero-order valence-corrected chi connectivity index (χ0v) is 19.5. The summed E-state index contributed by atoms with van der Waals surface area (Å²) in [7, 11) is 0. The first-order valence-electron chi connectivity index (χ1n) is 10.1. The lowest BCUT2D eigenvalue weighted by Crippen LogP contribution is -2.64. The molecule has 198 valence electrons. The molecule has 5 unspecified atom stereocenters. The molecule has 15 heteroatoms. The van der Waals surface area contributed by atoms with Gasteiger partial charge in [0.2, 0.25) is 0 Å². The summed E-state index contributed by atoms with van der Waals surface area (Å²) in [4.78, 5) is 0.166. The monoisotopic (exact) mass is 559 g/mol. The molecule has 36 heavy (non-hydrogen) atoms. The van der Waals surface area contributed by atoms with E-state index in [0.29, 0.717) is 12.1 Å². The smallest absolute Gasteiger partial charge is 0.397 e. The predicted octanol–water partition coefficient (Wildman–Crippen LogP) is 2.81. The summed E-state index contributed by atoms with van der Waals surface area (Å²) in [6, 6.07) is 2.66. The number of rotatable bonds is 6. The fraction of sp³-hybridized carbons (Fsp3) is 0.333. The lowest BCUT2D eigenvalue weighted by atomic mass is 9.96. The van der Waals surface area contributed by atoms with Gasteiger partial charge in [0.25, 0.3) is 0 Å². The van der Waals surface area contributed by atoms with Crippen molar-refractivity contribution in [1.82, 2.24) is 5.01 Å². The summed E-state index contributed by atoms with van der Waals surface area (Å²) in [6.07, 6.45) is -8.28. The zero-order chi connectivity index (χ0) is 26.9. The second-order valence-electron chi connectivity index (χ2n) is 7.74. The largest absolute Gasteiger partial charge is 0.417 e. The van der Waals surface area contributed by atoms with E-state index in [9.17, 15) is 41.7 Å². The van der Waals surface area contributed by atoms with Crippen LogP contribution in [0, 0.1) is 17.5 Å². The molecule has 0 spiro atoms. The third-order valence-electron chi connectivity index (χ3n) is 5.30. The Morgan fingerprint density at radius 1 is 1.11 bits per heavy atom. The van der Waals surface area contributed by atoms with Crippen molar-refractivity contribution >= 4 is 29.1 Å². The van der Waals surface area contributed by atoms with Crippen molar-refractivity contribution in [3.05, 3.63) is 70.1 Å². The summed E-state index contributed by atoms with van der Waals surface area (Å²) in [5, 5.41) is 31.2. The van der Waals surface area contributed by atoms with E-state index >= 15 is 0 Å². The number of halogens is 7. The van der Waals surface area contributed by atoms with E-state index in [1.54, 1.807) is 0 Å². The summed E-state index contributed by atoms with van der Waals surface area (Å²) in [6.45, 7) is -0.726. The van der Waals surface area contributed by atoms with Gasteiger partial charge in [0.1, 0.15) is 29.8 Å². The Labute approximate surface area is 209 Å². The Hall–Kier alpha value is -2.20. The number of hydrogen-bond donors (Lipinski definition) is 5. The molecule has 1 aliphatic rings. The fourth-order valence-corrected chi connectivity index (χ4v) is 4.95. The van der Waals surface area contributed by atoms with Gasteiger partial charge in [0, 0.05) is 16.7 Å². The Kier molecular flexibility index (Phi) is 8.70. The molecular weight excluding hydrogens is 540 g/mol. The molecule has 0 saturated carbocycles. The third kappa shape index (κ3) is 6.02. The van der Waals surface area contributed by atoms with Gasteiger partial charge < -0.3 is 30.8 Å². The number of benzene rings is 2. The van der Waals surface area contributed by atoms with Gasteiger partial charge in [0.05, 0.1) is 22.9 Å². The van der Waals surface area contributed by atoms with Crippen molar-refractivity contribution in [1.29, 1.82) is 0 Å². The molecule has 2 aromatic rings. The maximum Gasteiger partial charge on any atom is 0.417 e. The van der Waals surface area contributed by atoms with Gasteiger partial charge >= 0.3 is 6.18 Å². The summed E-state index contributed by atoms with van der Waals surface area (Å²) >= 11 is 6.48. The second-order valence-corrected chi connectivity index (χ2v) is 9.32. The fourth-order valence-electron chi connectivity index (χ4n) is 3.49. The predicted molar refractivity (Wildman–Crippen MR) is 118 cm³/mol. The molecule has 0 aliphatic carbocycles. The lowest BCUT2D eigenvalue weighted by molar-refractivity contribution is -0.184. The first kappa shape index (κ1) is 28.4. The van der Waals surface area contributed by atoms with Crippen LogP contribution in [0.2, 0.25) is 5.02 Å². The molecule has 7 nitrogen and oxygen atoms in total. The molecule has 1 heterocycles. The van der Waals surface area contributed by atoms with Crippen LogP contribution in [0.5, 0.6) is 0 Å². The molecule has 2 aromatic carbocycles. The van der Waals surface area contributed by atoms with Crippen LogP contribution in [-0.4, -0.2) is 56.7 Å². The number of nitrogens with two attached hydrogens (primary N) is 2. The number of hydrogen-bond acceptors (Lipinski definition) is 8. The average molecular weight is 560 g/mol.